The number of Topliss-reactive ketones (excluding diaryl/α,β-unsaturated/α-hetero) is 1. The van der Waals surface area contributed by atoms with Gasteiger partial charge in [0.15, 0.2) is 5.78 Å². The third-order valence-electron chi connectivity index (χ3n) is 3.02. The van der Waals surface area contributed by atoms with Gasteiger partial charge in [-0.3, -0.25) is 10.1 Å². The van der Waals surface area contributed by atoms with Gasteiger partial charge in [-0.05, 0) is 6.42 Å². The van der Waals surface area contributed by atoms with E-state index in [1.807, 2.05) is 18.4 Å². The van der Waals surface area contributed by atoms with E-state index in [1.165, 1.54) is 0 Å². The Morgan fingerprint density at radius 3 is 3.33 bits per heavy atom. The van der Waals surface area contributed by atoms with Gasteiger partial charge in [0.05, 0.1) is 12.6 Å². The first-order chi connectivity index (χ1) is 7.22. The second kappa shape index (κ2) is 4.10. The van der Waals surface area contributed by atoms with Crippen LogP contribution in [0.25, 0.3) is 0 Å². The molecule has 0 spiro atoms. The zero-order valence-electron chi connectivity index (χ0n) is 9.10. The first-order valence-electron chi connectivity index (χ1n) is 5.36. The normalized spacial score (nSPS) is 22.1. The fourth-order valence-electron chi connectivity index (χ4n) is 1.78. The van der Waals surface area contributed by atoms with E-state index >= 15 is 0 Å². The van der Waals surface area contributed by atoms with Crippen LogP contribution in [0.5, 0.6) is 0 Å². The summed E-state index contributed by atoms with van der Waals surface area (Å²) >= 11 is 0. The van der Waals surface area contributed by atoms with Crippen LogP contribution in [-0.2, 0) is 17.9 Å². The molecular formula is C10H16N4O. The monoisotopic (exact) mass is 208 g/mol. The number of carbonyl (C=O) groups is 1. The van der Waals surface area contributed by atoms with Gasteiger partial charge in [0.1, 0.15) is 12.2 Å². The van der Waals surface area contributed by atoms with Crippen LogP contribution >= 0.6 is 0 Å². The molecule has 0 radical (unpaired) electrons. The zero-order chi connectivity index (χ0) is 10.8. The molecule has 0 fully saturated rings. The first-order valence-corrected chi connectivity index (χ1v) is 5.36. The van der Waals surface area contributed by atoms with Crippen molar-refractivity contribution in [1.29, 1.82) is 0 Å². The van der Waals surface area contributed by atoms with Crippen LogP contribution in [-0.4, -0.2) is 26.6 Å². The average Bonchev–Trinajstić information content (AvgIpc) is 2.73. The van der Waals surface area contributed by atoms with Gasteiger partial charge in [0.2, 0.25) is 0 Å². The van der Waals surface area contributed by atoms with Crippen molar-refractivity contribution in [2.24, 2.45) is 5.92 Å². The largest absolute Gasteiger partial charge is 0.314 e. The van der Waals surface area contributed by atoms with Crippen molar-refractivity contribution in [3.63, 3.8) is 0 Å². The van der Waals surface area contributed by atoms with E-state index in [9.17, 15) is 4.79 Å². The van der Waals surface area contributed by atoms with Crippen LogP contribution < -0.4 is 5.32 Å². The minimum absolute atomic E-state index is 0.0801. The summed E-state index contributed by atoms with van der Waals surface area (Å²) in [5.41, 5.74) is 0. The Balaban J connectivity index is 2.06. The second-order valence-corrected chi connectivity index (χ2v) is 4.04. The van der Waals surface area contributed by atoms with Gasteiger partial charge >= 0.3 is 0 Å². The molecule has 1 N–H and O–H groups in total. The smallest absolute Gasteiger partial charge is 0.154 e. The summed E-state index contributed by atoms with van der Waals surface area (Å²) in [5.74, 6) is 1.32. The highest BCUT2D eigenvalue weighted by Gasteiger charge is 2.27. The lowest BCUT2D eigenvalue weighted by atomic mass is 9.96. The molecule has 0 aromatic carbocycles. The Bertz CT molecular complexity index is 360. The number of hydrogen-bond donors (Lipinski definition) is 1. The lowest BCUT2D eigenvalue weighted by Crippen LogP contribution is -2.46. The highest BCUT2D eigenvalue weighted by atomic mass is 16.1. The van der Waals surface area contributed by atoms with Gasteiger partial charge in [-0.1, -0.05) is 13.8 Å². The summed E-state index contributed by atoms with van der Waals surface area (Å²) in [6, 6.07) is -0.0801. The number of rotatable bonds is 3. The van der Waals surface area contributed by atoms with Crippen molar-refractivity contribution in [1.82, 2.24) is 20.1 Å². The fourth-order valence-corrected chi connectivity index (χ4v) is 1.78. The van der Waals surface area contributed by atoms with Crippen LogP contribution in [0, 0.1) is 5.92 Å². The molecule has 1 aromatic rings. The molecule has 2 heterocycles. The summed E-state index contributed by atoms with van der Waals surface area (Å²) in [7, 11) is 0. The minimum atomic E-state index is -0.0801. The van der Waals surface area contributed by atoms with Crippen LogP contribution in [0.3, 0.4) is 0 Å². The maximum Gasteiger partial charge on any atom is 0.154 e. The zero-order valence-corrected chi connectivity index (χ0v) is 9.10. The predicted octanol–water partition coefficient (Wildman–Crippen LogP) is 0.365. The van der Waals surface area contributed by atoms with E-state index in [4.69, 9.17) is 0 Å². The molecule has 1 aliphatic rings. The van der Waals surface area contributed by atoms with E-state index in [0.29, 0.717) is 13.1 Å². The quantitative estimate of drug-likeness (QED) is 0.779. The Labute approximate surface area is 88.9 Å². The molecule has 1 aliphatic heterocycles. The molecule has 5 nitrogen and oxygen atoms in total. The fraction of sp³-hybridized carbons (Fsp3) is 0.700. The number of carbonyl (C=O) groups excluding carboxylic acids is 1. The van der Waals surface area contributed by atoms with E-state index < -0.39 is 0 Å². The lowest BCUT2D eigenvalue weighted by Gasteiger charge is -2.25. The molecule has 0 saturated heterocycles. The summed E-state index contributed by atoms with van der Waals surface area (Å²) in [6.45, 7) is 5.31. The second-order valence-electron chi connectivity index (χ2n) is 4.04. The van der Waals surface area contributed by atoms with E-state index in [2.05, 4.69) is 15.5 Å². The summed E-state index contributed by atoms with van der Waals surface area (Å²) in [5, 5.41) is 11.0. The van der Waals surface area contributed by atoms with Crippen molar-refractivity contribution in [3.8, 4) is 0 Å². The van der Waals surface area contributed by atoms with Crippen molar-refractivity contribution in [2.45, 2.75) is 39.4 Å². The Hall–Kier alpha value is -1.23. The molecule has 0 bridgehead atoms. The lowest BCUT2D eigenvalue weighted by molar-refractivity contribution is -0.125. The van der Waals surface area contributed by atoms with Crippen LogP contribution in [0.4, 0.5) is 0 Å². The Morgan fingerprint density at radius 1 is 1.80 bits per heavy atom. The van der Waals surface area contributed by atoms with Gasteiger partial charge in [-0.2, -0.15) is 0 Å². The number of nitrogens with one attached hydrogen (secondary N) is 1. The Morgan fingerprint density at radius 2 is 2.60 bits per heavy atom. The molecule has 2 unspecified atom stereocenters. The first kappa shape index (κ1) is 10.3. The van der Waals surface area contributed by atoms with Gasteiger partial charge in [-0.25, -0.2) is 0 Å². The van der Waals surface area contributed by atoms with Crippen molar-refractivity contribution >= 4 is 5.78 Å². The summed E-state index contributed by atoms with van der Waals surface area (Å²) < 4.78 is 1.95. The van der Waals surface area contributed by atoms with Gasteiger partial charge in [0, 0.05) is 12.5 Å². The Kier molecular flexibility index (Phi) is 2.81. The molecule has 5 heteroatoms. The number of hydrogen-bond acceptors (Lipinski definition) is 4. The number of nitrogens with zero attached hydrogens (tertiary/aromatic N) is 3. The number of aromatic nitrogens is 3. The molecular weight excluding hydrogens is 192 g/mol. The predicted molar refractivity (Wildman–Crippen MR) is 55.1 cm³/mol. The third-order valence-corrected chi connectivity index (χ3v) is 3.02. The number of ketones is 1. The summed E-state index contributed by atoms with van der Waals surface area (Å²) in [6.07, 6.45) is 2.58. The molecule has 2 atom stereocenters. The van der Waals surface area contributed by atoms with Gasteiger partial charge < -0.3 is 4.57 Å². The van der Waals surface area contributed by atoms with E-state index in [1.54, 1.807) is 6.33 Å². The topological polar surface area (TPSA) is 59.8 Å². The third kappa shape index (κ3) is 1.92. The minimum Gasteiger partial charge on any atom is -0.314 e. The highest BCUT2D eigenvalue weighted by molar-refractivity contribution is 5.86. The average molecular weight is 208 g/mol. The van der Waals surface area contributed by atoms with Gasteiger partial charge in [-0.15, -0.1) is 10.2 Å². The molecule has 0 saturated carbocycles. The van der Waals surface area contributed by atoms with Crippen molar-refractivity contribution in [2.75, 3.05) is 0 Å². The maximum atomic E-state index is 11.9. The van der Waals surface area contributed by atoms with Crippen LogP contribution in [0.15, 0.2) is 6.33 Å². The summed E-state index contributed by atoms with van der Waals surface area (Å²) in [4.78, 5) is 11.9. The standard InChI is InChI=1S/C10H16N4O/c1-3-7(2)10(15)8-5-14-6-12-13-9(14)4-11-8/h6-8,11H,3-5H2,1-2H3. The van der Waals surface area contributed by atoms with Crippen molar-refractivity contribution < 1.29 is 4.79 Å². The van der Waals surface area contributed by atoms with E-state index in [0.717, 1.165) is 12.2 Å². The maximum absolute atomic E-state index is 11.9. The van der Waals surface area contributed by atoms with E-state index in [-0.39, 0.29) is 17.7 Å². The molecule has 0 amide bonds. The van der Waals surface area contributed by atoms with Crippen molar-refractivity contribution in [3.05, 3.63) is 12.2 Å². The molecule has 82 valence electrons. The highest BCUT2D eigenvalue weighted by Crippen LogP contribution is 2.11. The molecule has 2 rings (SSSR count). The SMILES string of the molecule is CCC(C)C(=O)C1Cn2cnnc2CN1. The molecule has 1 aromatic heterocycles. The molecule has 0 aliphatic carbocycles. The van der Waals surface area contributed by atoms with Crippen LogP contribution in [0.2, 0.25) is 0 Å². The molecule has 15 heavy (non-hydrogen) atoms. The van der Waals surface area contributed by atoms with Crippen LogP contribution in [0.1, 0.15) is 26.1 Å². The van der Waals surface area contributed by atoms with Gasteiger partial charge in [0.25, 0.3) is 0 Å². The number of fused-ring (bicyclic) bond motifs is 1.